The van der Waals surface area contributed by atoms with Crippen molar-refractivity contribution in [3.63, 3.8) is 0 Å². The molecule has 1 saturated carbocycles. The van der Waals surface area contributed by atoms with Crippen LogP contribution in [0.25, 0.3) is 10.9 Å². The highest BCUT2D eigenvalue weighted by Gasteiger charge is 2.26. The Morgan fingerprint density at radius 1 is 1.29 bits per heavy atom. The molecule has 2 heterocycles. The summed E-state index contributed by atoms with van der Waals surface area (Å²) in [6.45, 7) is 3.32. The molecule has 0 saturated heterocycles. The summed E-state index contributed by atoms with van der Waals surface area (Å²) in [5.74, 6) is -0.307. The molecule has 0 atom stereocenters. The molecule has 0 spiro atoms. The highest BCUT2D eigenvalue weighted by Crippen LogP contribution is 2.35. The molecule has 1 aliphatic carbocycles. The van der Waals surface area contributed by atoms with Crippen molar-refractivity contribution in [2.45, 2.75) is 51.2 Å². The van der Waals surface area contributed by atoms with Gasteiger partial charge in [-0.1, -0.05) is 11.6 Å². The molecule has 1 aromatic carbocycles. The molecular formula is C23H25ClN4O3. The van der Waals surface area contributed by atoms with E-state index in [1.807, 2.05) is 16.9 Å². The molecule has 3 aromatic rings. The Labute approximate surface area is 185 Å². The van der Waals surface area contributed by atoms with Gasteiger partial charge in [0, 0.05) is 34.9 Å². The largest absolute Gasteiger partial charge is 0.386 e. The van der Waals surface area contributed by atoms with E-state index in [1.54, 1.807) is 32.0 Å². The zero-order valence-corrected chi connectivity index (χ0v) is 18.3. The fourth-order valence-corrected chi connectivity index (χ4v) is 4.33. The van der Waals surface area contributed by atoms with E-state index >= 15 is 0 Å². The molecule has 8 heteroatoms. The Hall–Kier alpha value is -2.77. The summed E-state index contributed by atoms with van der Waals surface area (Å²) in [7, 11) is 0. The average Bonchev–Trinajstić information content (AvgIpc) is 3.16. The van der Waals surface area contributed by atoms with Gasteiger partial charge in [-0.05, 0) is 63.8 Å². The monoisotopic (exact) mass is 440 g/mol. The van der Waals surface area contributed by atoms with Crippen LogP contribution in [0.4, 0.5) is 5.69 Å². The summed E-state index contributed by atoms with van der Waals surface area (Å²) in [6.07, 6.45) is 8.04. The first-order valence-corrected chi connectivity index (χ1v) is 10.8. The van der Waals surface area contributed by atoms with Gasteiger partial charge in [-0.15, -0.1) is 0 Å². The number of halogens is 1. The maximum Gasteiger partial charge on any atom is 0.275 e. The van der Waals surface area contributed by atoms with E-state index in [1.165, 1.54) is 6.20 Å². The van der Waals surface area contributed by atoms with Crippen LogP contribution in [-0.2, 0) is 10.4 Å². The van der Waals surface area contributed by atoms with Crippen LogP contribution < -0.4 is 5.32 Å². The van der Waals surface area contributed by atoms with Crippen molar-refractivity contribution in [1.82, 2.24) is 14.8 Å². The maximum absolute atomic E-state index is 12.8. The van der Waals surface area contributed by atoms with E-state index in [-0.39, 0.29) is 22.7 Å². The van der Waals surface area contributed by atoms with Crippen molar-refractivity contribution >= 4 is 40.4 Å². The molecule has 2 aromatic heterocycles. The molecule has 31 heavy (non-hydrogen) atoms. The van der Waals surface area contributed by atoms with Gasteiger partial charge >= 0.3 is 0 Å². The van der Waals surface area contributed by atoms with Crippen molar-refractivity contribution in [2.75, 3.05) is 5.32 Å². The average molecular weight is 441 g/mol. The second kappa shape index (κ2) is 8.40. The standard InChI is InChI=1S/C23H25ClN4O3/c1-23(2,31)17-11-19-15(12-28(27-19)16-7-5-14(13-29)6-8-16)10-20(17)26-22(30)21-18(24)4-3-9-25-21/h3-4,9-14,16,31H,5-8H2,1-2H3,(H,26,30). The number of nitrogens with one attached hydrogen (secondary N) is 1. The van der Waals surface area contributed by atoms with Crippen molar-refractivity contribution in [3.05, 3.63) is 52.9 Å². The number of carbonyl (C=O) groups is 2. The number of benzene rings is 1. The zero-order valence-electron chi connectivity index (χ0n) is 17.5. The van der Waals surface area contributed by atoms with Gasteiger partial charge in [0.15, 0.2) is 0 Å². The van der Waals surface area contributed by atoms with Gasteiger partial charge in [0.05, 0.1) is 22.2 Å². The number of fused-ring (bicyclic) bond motifs is 1. The first-order chi connectivity index (χ1) is 14.8. The van der Waals surface area contributed by atoms with Crippen molar-refractivity contribution in [2.24, 2.45) is 5.92 Å². The zero-order chi connectivity index (χ0) is 22.2. The maximum atomic E-state index is 12.8. The number of aliphatic hydroxyl groups is 1. The summed E-state index contributed by atoms with van der Waals surface area (Å²) in [5.41, 5.74) is 0.694. The molecule has 1 amide bonds. The predicted octanol–water partition coefficient (Wildman–Crippen LogP) is 4.49. The Kier molecular flexibility index (Phi) is 5.81. The fraction of sp³-hybridized carbons (Fsp3) is 0.391. The van der Waals surface area contributed by atoms with Crippen LogP contribution in [0.15, 0.2) is 36.7 Å². The Morgan fingerprint density at radius 2 is 2.03 bits per heavy atom. The first kappa shape index (κ1) is 21.5. The van der Waals surface area contributed by atoms with Gasteiger partial charge in [0.25, 0.3) is 5.91 Å². The molecule has 0 aliphatic heterocycles. The lowest BCUT2D eigenvalue weighted by Gasteiger charge is -2.25. The molecule has 162 valence electrons. The van der Waals surface area contributed by atoms with E-state index in [0.717, 1.165) is 42.9 Å². The summed E-state index contributed by atoms with van der Waals surface area (Å²) < 4.78 is 1.95. The quantitative estimate of drug-likeness (QED) is 0.569. The van der Waals surface area contributed by atoms with E-state index in [2.05, 4.69) is 10.3 Å². The van der Waals surface area contributed by atoms with Gasteiger partial charge < -0.3 is 15.2 Å². The minimum atomic E-state index is -1.20. The third-order valence-electron chi connectivity index (χ3n) is 5.85. The highest BCUT2D eigenvalue weighted by atomic mass is 35.5. The van der Waals surface area contributed by atoms with Crippen LogP contribution in [0.3, 0.4) is 0 Å². The van der Waals surface area contributed by atoms with E-state index in [4.69, 9.17) is 16.7 Å². The molecule has 0 unspecified atom stereocenters. The molecule has 1 fully saturated rings. The number of anilines is 1. The smallest absolute Gasteiger partial charge is 0.275 e. The normalized spacial score (nSPS) is 19.4. The lowest BCUT2D eigenvalue weighted by atomic mass is 9.87. The number of amides is 1. The molecule has 0 bridgehead atoms. The number of hydrogen-bond donors (Lipinski definition) is 2. The lowest BCUT2D eigenvalue weighted by Crippen LogP contribution is -2.21. The molecule has 7 nitrogen and oxygen atoms in total. The molecule has 2 N–H and O–H groups in total. The van der Waals surface area contributed by atoms with Gasteiger partial charge in [-0.3, -0.25) is 9.48 Å². The van der Waals surface area contributed by atoms with Crippen LogP contribution in [0.2, 0.25) is 5.02 Å². The molecule has 0 radical (unpaired) electrons. The van der Waals surface area contributed by atoms with Crippen LogP contribution in [0, 0.1) is 5.92 Å². The van der Waals surface area contributed by atoms with Crippen LogP contribution in [0.1, 0.15) is 61.6 Å². The number of aromatic nitrogens is 3. The predicted molar refractivity (Wildman–Crippen MR) is 119 cm³/mol. The summed E-state index contributed by atoms with van der Waals surface area (Å²) in [4.78, 5) is 27.9. The Bertz CT molecular complexity index is 1130. The van der Waals surface area contributed by atoms with E-state index in [0.29, 0.717) is 11.3 Å². The Morgan fingerprint density at radius 3 is 2.68 bits per heavy atom. The number of rotatable bonds is 5. The van der Waals surface area contributed by atoms with Crippen LogP contribution >= 0.6 is 11.6 Å². The minimum absolute atomic E-state index is 0.119. The summed E-state index contributed by atoms with van der Waals surface area (Å²) in [5, 5.41) is 19.4. The van der Waals surface area contributed by atoms with Crippen molar-refractivity contribution in [1.29, 1.82) is 0 Å². The second-order valence-electron chi connectivity index (χ2n) is 8.62. The molecule has 4 rings (SSSR count). The van der Waals surface area contributed by atoms with Gasteiger partial charge in [0.2, 0.25) is 0 Å². The number of pyridine rings is 1. The topological polar surface area (TPSA) is 97.1 Å². The summed E-state index contributed by atoms with van der Waals surface area (Å²) >= 11 is 6.11. The van der Waals surface area contributed by atoms with Gasteiger partial charge in [-0.2, -0.15) is 5.10 Å². The first-order valence-electron chi connectivity index (χ1n) is 10.4. The second-order valence-corrected chi connectivity index (χ2v) is 9.02. The molecular weight excluding hydrogens is 416 g/mol. The number of aldehydes is 1. The third-order valence-corrected chi connectivity index (χ3v) is 6.16. The minimum Gasteiger partial charge on any atom is -0.386 e. The van der Waals surface area contributed by atoms with Crippen molar-refractivity contribution < 1.29 is 14.7 Å². The van der Waals surface area contributed by atoms with Crippen LogP contribution in [0.5, 0.6) is 0 Å². The van der Waals surface area contributed by atoms with E-state index < -0.39 is 11.5 Å². The lowest BCUT2D eigenvalue weighted by molar-refractivity contribution is -0.112. The highest BCUT2D eigenvalue weighted by molar-refractivity contribution is 6.34. The Balaban J connectivity index is 1.68. The van der Waals surface area contributed by atoms with Gasteiger partial charge in [0.1, 0.15) is 12.0 Å². The third kappa shape index (κ3) is 4.48. The summed E-state index contributed by atoms with van der Waals surface area (Å²) in [6, 6.07) is 7.12. The SMILES string of the molecule is CC(C)(O)c1cc2nn(C3CCC(C=O)CC3)cc2cc1NC(=O)c1ncccc1Cl. The van der Waals surface area contributed by atoms with E-state index in [9.17, 15) is 14.7 Å². The molecule has 1 aliphatic rings. The number of carbonyl (C=O) groups excluding carboxylic acids is 2. The number of hydrogen-bond acceptors (Lipinski definition) is 5. The van der Waals surface area contributed by atoms with Crippen LogP contribution in [-0.4, -0.2) is 32.1 Å². The fourth-order valence-electron chi connectivity index (χ4n) is 4.12. The van der Waals surface area contributed by atoms with Crippen molar-refractivity contribution in [3.8, 4) is 0 Å². The van der Waals surface area contributed by atoms with Gasteiger partial charge in [-0.25, -0.2) is 4.98 Å². The number of nitrogens with zero attached hydrogens (tertiary/aromatic N) is 3.